The summed E-state index contributed by atoms with van der Waals surface area (Å²) in [6.45, 7) is 11.2. The van der Waals surface area contributed by atoms with Crippen LogP contribution in [0.5, 0.6) is 5.75 Å². The van der Waals surface area contributed by atoms with Crippen LogP contribution >= 0.6 is 0 Å². The standard InChI is InChI=1S/C16H23FN2O4/c1-15(2,3)10-8(18)7-9(23-14(22)19-13(20)21)12(17)11(10)16(4,5)6/h7H,18H2,1-6H3,(H,19,22)(H,20,21). The zero-order valence-electron chi connectivity index (χ0n) is 14.2. The van der Waals surface area contributed by atoms with Crippen molar-refractivity contribution in [3.8, 4) is 5.75 Å². The van der Waals surface area contributed by atoms with Crippen molar-refractivity contribution in [3.05, 3.63) is 23.0 Å². The van der Waals surface area contributed by atoms with Crippen LogP contribution in [0.4, 0.5) is 19.7 Å². The van der Waals surface area contributed by atoms with Crippen LogP contribution in [-0.4, -0.2) is 17.3 Å². The van der Waals surface area contributed by atoms with E-state index in [1.165, 1.54) is 11.4 Å². The van der Waals surface area contributed by atoms with E-state index in [0.717, 1.165) is 0 Å². The summed E-state index contributed by atoms with van der Waals surface area (Å²) in [5, 5.41) is 9.98. The van der Waals surface area contributed by atoms with Gasteiger partial charge in [0, 0.05) is 17.3 Å². The molecule has 0 atom stereocenters. The molecular formula is C16H23FN2O4. The van der Waals surface area contributed by atoms with Crippen molar-refractivity contribution < 1.29 is 23.8 Å². The van der Waals surface area contributed by atoms with Gasteiger partial charge in [-0.05, 0) is 16.4 Å². The molecule has 2 amide bonds. The van der Waals surface area contributed by atoms with Crippen molar-refractivity contribution in [3.63, 3.8) is 0 Å². The van der Waals surface area contributed by atoms with Gasteiger partial charge < -0.3 is 15.6 Å². The van der Waals surface area contributed by atoms with Gasteiger partial charge in [0.1, 0.15) is 0 Å². The SMILES string of the molecule is CC(C)(C)c1c(N)cc(OC(=O)NC(=O)O)c(F)c1C(C)(C)C. The van der Waals surface area contributed by atoms with E-state index in [9.17, 15) is 14.0 Å². The van der Waals surface area contributed by atoms with Crippen molar-refractivity contribution in [1.82, 2.24) is 5.32 Å². The molecule has 0 aliphatic heterocycles. The fourth-order valence-electron chi connectivity index (χ4n) is 2.45. The number of nitrogens with two attached hydrogens (primary N) is 1. The number of benzene rings is 1. The molecule has 1 aromatic carbocycles. The Balaban J connectivity index is 3.52. The summed E-state index contributed by atoms with van der Waals surface area (Å²) in [6, 6.07) is 1.20. The number of nitrogen functional groups attached to an aromatic ring is 1. The van der Waals surface area contributed by atoms with Gasteiger partial charge in [0.2, 0.25) is 0 Å². The number of carbonyl (C=O) groups excluding carboxylic acids is 1. The fraction of sp³-hybridized carbons (Fsp3) is 0.500. The first-order chi connectivity index (χ1) is 10.2. The predicted molar refractivity (Wildman–Crippen MR) is 85.4 cm³/mol. The molecule has 0 unspecified atom stereocenters. The number of carboxylic acid groups (broad SMARTS) is 1. The first-order valence-corrected chi connectivity index (χ1v) is 7.10. The Kier molecular flexibility index (Phi) is 4.94. The average Bonchev–Trinajstić information content (AvgIpc) is 2.28. The van der Waals surface area contributed by atoms with Crippen LogP contribution in [-0.2, 0) is 10.8 Å². The van der Waals surface area contributed by atoms with Crippen LogP contribution in [0.3, 0.4) is 0 Å². The van der Waals surface area contributed by atoms with Gasteiger partial charge in [-0.3, -0.25) is 0 Å². The molecule has 0 radical (unpaired) electrons. The average molecular weight is 326 g/mol. The Morgan fingerprint density at radius 3 is 2.00 bits per heavy atom. The van der Waals surface area contributed by atoms with E-state index in [-0.39, 0.29) is 5.69 Å². The third kappa shape index (κ3) is 4.34. The first-order valence-electron chi connectivity index (χ1n) is 7.10. The van der Waals surface area contributed by atoms with Crippen LogP contribution < -0.4 is 15.8 Å². The van der Waals surface area contributed by atoms with Gasteiger partial charge in [-0.25, -0.2) is 19.3 Å². The molecule has 7 heteroatoms. The van der Waals surface area contributed by atoms with Crippen LogP contribution in [0.25, 0.3) is 0 Å². The molecule has 0 saturated heterocycles. The van der Waals surface area contributed by atoms with Crippen molar-refractivity contribution in [2.75, 3.05) is 5.73 Å². The number of hydrogen-bond donors (Lipinski definition) is 3. The zero-order valence-corrected chi connectivity index (χ0v) is 14.2. The summed E-state index contributed by atoms with van der Waals surface area (Å²) in [6.07, 6.45) is -2.88. The quantitative estimate of drug-likeness (QED) is 0.682. The van der Waals surface area contributed by atoms with Crippen LogP contribution in [0.1, 0.15) is 52.7 Å². The molecule has 1 aromatic rings. The fourth-order valence-corrected chi connectivity index (χ4v) is 2.45. The topological polar surface area (TPSA) is 102 Å². The first kappa shape index (κ1) is 18.7. The second kappa shape index (κ2) is 6.06. The summed E-state index contributed by atoms with van der Waals surface area (Å²) < 4.78 is 19.7. The number of imide groups is 1. The Morgan fingerprint density at radius 2 is 1.61 bits per heavy atom. The minimum atomic E-state index is -1.59. The van der Waals surface area contributed by atoms with E-state index in [4.69, 9.17) is 15.6 Å². The summed E-state index contributed by atoms with van der Waals surface area (Å²) in [5.74, 6) is -1.13. The maximum absolute atomic E-state index is 14.9. The van der Waals surface area contributed by atoms with Gasteiger partial charge >= 0.3 is 12.2 Å². The van der Waals surface area contributed by atoms with Gasteiger partial charge in [-0.15, -0.1) is 0 Å². The summed E-state index contributed by atoms with van der Waals surface area (Å²) in [7, 11) is 0. The van der Waals surface area contributed by atoms with E-state index >= 15 is 0 Å². The van der Waals surface area contributed by atoms with Crippen LogP contribution in [0.2, 0.25) is 0 Å². The largest absolute Gasteiger partial charge is 0.465 e. The van der Waals surface area contributed by atoms with E-state index in [2.05, 4.69) is 0 Å². The number of ether oxygens (including phenoxy) is 1. The lowest BCUT2D eigenvalue weighted by molar-refractivity contribution is 0.176. The van der Waals surface area contributed by atoms with E-state index < -0.39 is 34.6 Å². The van der Waals surface area contributed by atoms with Crippen molar-refractivity contribution in [1.29, 1.82) is 0 Å². The highest BCUT2D eigenvalue weighted by atomic mass is 19.1. The van der Waals surface area contributed by atoms with E-state index in [1.54, 1.807) is 0 Å². The van der Waals surface area contributed by atoms with Crippen LogP contribution in [0.15, 0.2) is 6.07 Å². The lowest BCUT2D eigenvalue weighted by Crippen LogP contribution is -2.32. The number of nitrogens with one attached hydrogen (secondary N) is 1. The van der Waals surface area contributed by atoms with Gasteiger partial charge in [0.25, 0.3) is 0 Å². The molecule has 0 aliphatic carbocycles. The predicted octanol–water partition coefficient (Wildman–Crippen LogP) is 3.77. The summed E-state index contributed by atoms with van der Waals surface area (Å²) in [4.78, 5) is 21.8. The molecule has 0 saturated carbocycles. The normalized spacial score (nSPS) is 12.0. The number of hydrogen-bond acceptors (Lipinski definition) is 4. The Hall–Kier alpha value is -2.31. The molecule has 4 N–H and O–H groups in total. The number of anilines is 1. The molecule has 0 spiro atoms. The van der Waals surface area contributed by atoms with Crippen molar-refractivity contribution in [2.45, 2.75) is 52.4 Å². The maximum atomic E-state index is 14.9. The summed E-state index contributed by atoms with van der Waals surface area (Å²) in [5.41, 5.74) is 6.29. The molecule has 0 fully saturated rings. The van der Waals surface area contributed by atoms with Gasteiger partial charge in [0.15, 0.2) is 11.6 Å². The Labute approximate surface area is 134 Å². The smallest absolute Gasteiger partial charge is 0.422 e. The molecule has 0 aliphatic rings. The highest BCUT2D eigenvalue weighted by molar-refractivity contribution is 5.87. The lowest BCUT2D eigenvalue weighted by Gasteiger charge is -2.32. The summed E-state index contributed by atoms with van der Waals surface area (Å²) >= 11 is 0. The molecular weight excluding hydrogens is 303 g/mol. The molecule has 0 aromatic heterocycles. The number of rotatable bonds is 1. The second-order valence-corrected chi connectivity index (χ2v) is 7.35. The molecule has 23 heavy (non-hydrogen) atoms. The van der Waals surface area contributed by atoms with Gasteiger partial charge in [0.05, 0.1) is 0 Å². The van der Waals surface area contributed by atoms with Crippen molar-refractivity contribution in [2.24, 2.45) is 0 Å². The Bertz CT molecular complexity index is 643. The highest BCUT2D eigenvalue weighted by Crippen LogP contribution is 2.42. The third-order valence-corrected chi connectivity index (χ3v) is 3.17. The second-order valence-electron chi connectivity index (χ2n) is 7.35. The third-order valence-electron chi connectivity index (χ3n) is 3.17. The number of carbonyl (C=O) groups is 2. The lowest BCUT2D eigenvalue weighted by atomic mass is 9.74. The molecule has 1 rings (SSSR count). The maximum Gasteiger partial charge on any atom is 0.422 e. The zero-order chi connectivity index (χ0) is 18.2. The molecule has 0 heterocycles. The monoisotopic (exact) mass is 326 g/mol. The highest BCUT2D eigenvalue weighted by Gasteiger charge is 2.33. The van der Waals surface area contributed by atoms with Crippen molar-refractivity contribution >= 4 is 17.9 Å². The van der Waals surface area contributed by atoms with Gasteiger partial charge in [-0.1, -0.05) is 41.5 Å². The molecule has 128 valence electrons. The van der Waals surface area contributed by atoms with E-state index in [1.807, 2.05) is 41.5 Å². The minimum absolute atomic E-state index is 0.280. The Morgan fingerprint density at radius 1 is 1.13 bits per heavy atom. The molecule has 0 bridgehead atoms. The van der Waals surface area contributed by atoms with Crippen LogP contribution in [0, 0.1) is 5.82 Å². The molecule has 6 nitrogen and oxygen atoms in total. The number of halogens is 1. The minimum Gasteiger partial charge on any atom is -0.465 e. The van der Waals surface area contributed by atoms with E-state index in [0.29, 0.717) is 11.1 Å². The van der Waals surface area contributed by atoms with Gasteiger partial charge in [-0.2, -0.15) is 0 Å². The number of amides is 2.